The molecular formula is C57H69F3N8O19S2. The van der Waals surface area contributed by atoms with E-state index >= 15 is 4.39 Å². The molecule has 3 unspecified atom stereocenters. The van der Waals surface area contributed by atoms with E-state index in [-0.39, 0.29) is 40.1 Å². The van der Waals surface area contributed by atoms with Gasteiger partial charge in [0.15, 0.2) is 28.6 Å². The molecule has 5 aromatic rings. The Morgan fingerprint density at radius 2 is 1.46 bits per heavy atom. The number of halogens is 3. The van der Waals surface area contributed by atoms with Gasteiger partial charge in [-0.1, -0.05) is 58.9 Å². The van der Waals surface area contributed by atoms with Crippen molar-refractivity contribution in [3.05, 3.63) is 101 Å². The number of aliphatic hydroxyl groups excluding tert-OH is 8. The third-order valence-electron chi connectivity index (χ3n) is 14.0. The molecule has 3 heterocycles. The Bertz CT molecular complexity index is 3450. The van der Waals surface area contributed by atoms with Gasteiger partial charge in [-0.15, -0.1) is 11.3 Å². The zero-order valence-corrected chi connectivity index (χ0v) is 50.2. The van der Waals surface area contributed by atoms with Crippen molar-refractivity contribution in [2.24, 2.45) is 23.5 Å². The van der Waals surface area contributed by atoms with Crippen molar-refractivity contribution < 1.29 is 105 Å². The van der Waals surface area contributed by atoms with Crippen molar-refractivity contribution in [3.8, 4) is 21.8 Å². The van der Waals surface area contributed by atoms with Crippen molar-refractivity contribution in [1.29, 1.82) is 0 Å². The number of anilines is 3. The van der Waals surface area contributed by atoms with Gasteiger partial charge in [0.05, 0.1) is 52.1 Å². The maximum atomic E-state index is 16.4. The highest BCUT2D eigenvalue weighted by Gasteiger charge is 2.48. The summed E-state index contributed by atoms with van der Waals surface area (Å²) in [5.74, 6) is -12.0. The number of hydrogen-bond acceptors (Lipinski definition) is 23. The molecule has 0 spiro atoms. The maximum Gasteiger partial charge on any atom is 0.414 e. The van der Waals surface area contributed by atoms with Crippen LogP contribution in [0.15, 0.2) is 77.8 Å². The zero-order valence-electron chi connectivity index (χ0n) is 48.6. The fourth-order valence-electron chi connectivity index (χ4n) is 8.97. The van der Waals surface area contributed by atoms with Crippen molar-refractivity contribution in [3.63, 3.8) is 0 Å². The number of sulfonamides is 1. The molecule has 89 heavy (non-hydrogen) atoms. The van der Waals surface area contributed by atoms with Gasteiger partial charge in [-0.25, -0.2) is 41.3 Å². The molecule has 32 heteroatoms. The number of Topliss-reactive ketones (excluding diaryl/α,β-unsaturated/α-hetero) is 2. The van der Waals surface area contributed by atoms with Gasteiger partial charge in [-0.05, 0) is 60.9 Å². The van der Waals surface area contributed by atoms with Gasteiger partial charge in [0.1, 0.15) is 67.1 Å². The molecule has 2 aromatic heterocycles. The number of ketones is 2. The number of nitrogens with two attached hydrogens (primary N) is 1. The highest BCUT2D eigenvalue weighted by atomic mass is 32.2. The SMILES string of the molecule is CC(NC(=O)C(CC(=O)[C@H](O)[C@H](O)[C@@H](O[C@@H]1O[C@H](CO)[C@H](O)[C@H](O)[C@H]1O)[C@H](O)CO)C(C)C)C(=O)CC(CC(N)=O)C(=O)Nc1ccc(COC(=O)Nc2nccc(-c3sc(C(C)(C)C)nc3-c3cccc(NS(=O)(=O)c4c(F)cccc4F)c3F)n2)cc1. The van der Waals surface area contributed by atoms with Crippen molar-refractivity contribution >= 4 is 74.1 Å². The first-order chi connectivity index (χ1) is 41.8. The summed E-state index contributed by atoms with van der Waals surface area (Å²) in [5, 5.41) is 90.1. The molecule has 1 aliphatic rings. The van der Waals surface area contributed by atoms with Gasteiger partial charge >= 0.3 is 6.09 Å². The zero-order chi connectivity index (χ0) is 66.0. The molecule has 0 saturated carbocycles. The fraction of sp³-hybridized carbons (Fsp3) is 0.456. The van der Waals surface area contributed by atoms with Crippen LogP contribution in [0.1, 0.15) is 71.4 Å². The molecule has 1 saturated heterocycles. The van der Waals surface area contributed by atoms with Crippen LogP contribution in [-0.4, -0.2) is 174 Å². The minimum atomic E-state index is -4.97. The van der Waals surface area contributed by atoms with Gasteiger partial charge in [0, 0.05) is 48.0 Å². The van der Waals surface area contributed by atoms with E-state index < -0.39 is 190 Å². The lowest BCUT2D eigenvalue weighted by atomic mass is 9.86. The summed E-state index contributed by atoms with van der Waals surface area (Å²) in [6, 6.07) is 12.1. The topological polar surface area (TPSA) is 439 Å². The Balaban J connectivity index is 1.04. The number of benzene rings is 3. The number of rotatable bonds is 28. The first-order valence-corrected chi connectivity index (χ1v) is 29.8. The molecule has 6 rings (SSSR count). The molecule has 0 bridgehead atoms. The van der Waals surface area contributed by atoms with E-state index in [2.05, 4.69) is 30.9 Å². The summed E-state index contributed by atoms with van der Waals surface area (Å²) in [6.45, 7) is 7.54. The van der Waals surface area contributed by atoms with Crippen LogP contribution in [-0.2, 0) is 60.2 Å². The lowest BCUT2D eigenvalue weighted by Gasteiger charge is -2.42. The molecule has 27 nitrogen and oxygen atoms in total. The molecule has 4 amide bonds. The van der Waals surface area contributed by atoms with Crippen LogP contribution in [0.2, 0.25) is 0 Å². The van der Waals surface area contributed by atoms with E-state index in [0.29, 0.717) is 10.6 Å². The van der Waals surface area contributed by atoms with E-state index in [1.807, 2.05) is 25.5 Å². The van der Waals surface area contributed by atoms with Crippen LogP contribution in [0, 0.1) is 35.2 Å². The molecule has 0 radical (unpaired) electrons. The van der Waals surface area contributed by atoms with E-state index in [9.17, 15) is 86.8 Å². The molecule has 1 fully saturated rings. The van der Waals surface area contributed by atoms with E-state index in [1.54, 1.807) is 0 Å². The summed E-state index contributed by atoms with van der Waals surface area (Å²) in [7, 11) is -4.97. The van der Waals surface area contributed by atoms with Crippen molar-refractivity contribution in [2.75, 3.05) is 28.6 Å². The monoisotopic (exact) mass is 1290 g/mol. The maximum absolute atomic E-state index is 16.4. The molecule has 1 aliphatic heterocycles. The number of nitrogens with zero attached hydrogens (tertiary/aromatic N) is 3. The Morgan fingerprint density at radius 3 is 2.07 bits per heavy atom. The first kappa shape index (κ1) is 70.6. The van der Waals surface area contributed by atoms with Gasteiger partial charge < -0.3 is 71.4 Å². The van der Waals surface area contributed by atoms with Crippen LogP contribution in [0.25, 0.3) is 21.8 Å². The predicted octanol–water partition coefficient (Wildman–Crippen LogP) is 1.92. The minimum absolute atomic E-state index is 0.0189. The number of amides is 4. The van der Waals surface area contributed by atoms with Gasteiger partial charge in [0.2, 0.25) is 23.7 Å². The Kier molecular flexibility index (Phi) is 24.1. The third kappa shape index (κ3) is 17.9. The normalized spacial score (nSPS) is 19.4. The molecule has 484 valence electrons. The largest absolute Gasteiger partial charge is 0.444 e. The number of nitrogens with one attached hydrogen (secondary N) is 4. The van der Waals surface area contributed by atoms with Gasteiger partial charge in [-0.2, -0.15) is 0 Å². The van der Waals surface area contributed by atoms with Gasteiger partial charge in [-0.3, -0.25) is 34.0 Å². The number of aromatic nitrogens is 3. The summed E-state index contributed by atoms with van der Waals surface area (Å²) in [5.41, 5.74) is 4.76. The number of carbonyl (C=O) groups excluding carboxylic acids is 6. The summed E-state index contributed by atoms with van der Waals surface area (Å²) in [6.07, 6.45) is -19.9. The van der Waals surface area contributed by atoms with Crippen LogP contribution in [0.3, 0.4) is 0 Å². The Hall–Kier alpha value is -7.47. The highest BCUT2D eigenvalue weighted by molar-refractivity contribution is 7.92. The second-order valence-corrected chi connectivity index (χ2v) is 24.8. The van der Waals surface area contributed by atoms with Crippen LogP contribution in [0.5, 0.6) is 0 Å². The van der Waals surface area contributed by atoms with Gasteiger partial charge in [0.25, 0.3) is 10.0 Å². The summed E-state index contributed by atoms with van der Waals surface area (Å²) in [4.78, 5) is 91.4. The minimum Gasteiger partial charge on any atom is -0.444 e. The number of thiazole rings is 1. The fourth-order valence-corrected chi connectivity index (χ4v) is 11.3. The molecule has 12 atom stereocenters. The highest BCUT2D eigenvalue weighted by Crippen LogP contribution is 2.42. The second-order valence-electron chi connectivity index (χ2n) is 22.2. The van der Waals surface area contributed by atoms with Crippen LogP contribution < -0.4 is 26.4 Å². The summed E-state index contributed by atoms with van der Waals surface area (Å²) < 4.78 is 89.4. The Labute approximate surface area is 511 Å². The number of primary amides is 1. The van der Waals surface area contributed by atoms with E-state index in [1.165, 1.54) is 69.4 Å². The average molecular weight is 1290 g/mol. The molecule has 14 N–H and O–H groups in total. The number of hydrogen-bond donors (Lipinski definition) is 13. The van der Waals surface area contributed by atoms with Crippen LogP contribution in [0.4, 0.5) is 35.3 Å². The van der Waals surface area contributed by atoms with E-state index in [0.717, 1.165) is 35.6 Å². The smallest absolute Gasteiger partial charge is 0.414 e. The van der Waals surface area contributed by atoms with E-state index in [4.69, 9.17) is 19.9 Å². The summed E-state index contributed by atoms with van der Waals surface area (Å²) >= 11 is 1.13. The average Bonchev–Trinajstić information content (AvgIpc) is 1.81. The Morgan fingerprint density at radius 1 is 0.809 bits per heavy atom. The standard InChI is InChI=1S/C57H69F3N8O19S2/c1-25(2)31(21-37(72)43(75)46(78)48(38(73)22-69)87-53-47(79)45(77)44(76)39(23-70)86-53)52(81)63-26(3)36(71)19-28(20-40(61)74)51(80)64-29-15-13-27(14-16-29)24-85-56(82)67-55-62-18-17-35(65-55)49-42(66-54(88-49)57(4,5)6)30-9-7-12-34(41(30)60)68-89(83,84)50-32(58)10-8-11-33(50)59/h7-18,25-26,28,31,38-39,43-48,53,68-70,73,75-79H,19-24H2,1-6H3,(H2,61,74)(H,63,81)(H,64,80)(H,62,65,67,82)/t26?,28?,31?,38-,39-,43+,44+,45+,46+,47-,48+,53+/m1/s1. The second kappa shape index (κ2) is 30.4. The van der Waals surface area contributed by atoms with Crippen LogP contribution >= 0.6 is 11.3 Å². The lowest BCUT2D eigenvalue weighted by Crippen LogP contribution is -2.61. The number of ether oxygens (including phenoxy) is 3. The van der Waals surface area contributed by atoms with Crippen molar-refractivity contribution in [1.82, 2.24) is 20.3 Å². The predicted molar refractivity (Wildman–Crippen MR) is 310 cm³/mol. The quantitative estimate of drug-likeness (QED) is 0.0340. The number of aliphatic hydroxyl groups is 8. The number of carbonyl (C=O) groups is 6. The van der Waals surface area contributed by atoms with Crippen molar-refractivity contribution in [2.45, 2.75) is 139 Å². The lowest BCUT2D eigenvalue weighted by molar-refractivity contribution is -0.326. The molecule has 0 aliphatic carbocycles. The third-order valence-corrected chi connectivity index (χ3v) is 16.9. The first-order valence-electron chi connectivity index (χ1n) is 27.5. The molecule has 3 aromatic carbocycles. The molecular weight excluding hydrogens is 1220 g/mol.